The molecule has 0 saturated carbocycles. The van der Waals surface area contributed by atoms with Crippen molar-refractivity contribution in [2.75, 3.05) is 25.0 Å². The van der Waals surface area contributed by atoms with E-state index in [9.17, 15) is 14.0 Å². The van der Waals surface area contributed by atoms with Crippen molar-refractivity contribution in [3.05, 3.63) is 30.1 Å². The molecule has 2 rings (SSSR count). The standard InChI is InChI=1S/C13H17FN4O2/c14-9-1-3-10(4-2-9)16-13(20)17-11-5-6-18(8-11)12(19)7-15/h1-4,11H,5-8,15H2,(H2,16,17,20). The molecule has 1 aliphatic heterocycles. The molecule has 1 unspecified atom stereocenters. The zero-order valence-corrected chi connectivity index (χ0v) is 10.9. The summed E-state index contributed by atoms with van der Waals surface area (Å²) in [7, 11) is 0. The number of carbonyl (C=O) groups is 2. The molecule has 6 nitrogen and oxygen atoms in total. The Kier molecular flexibility index (Phi) is 4.52. The molecule has 0 bridgehead atoms. The van der Waals surface area contributed by atoms with Crippen LogP contribution in [0.15, 0.2) is 24.3 Å². The van der Waals surface area contributed by atoms with Crippen LogP contribution in [0.25, 0.3) is 0 Å². The van der Waals surface area contributed by atoms with Gasteiger partial charge in [-0.05, 0) is 30.7 Å². The normalized spacial score (nSPS) is 17.9. The second kappa shape index (κ2) is 6.33. The van der Waals surface area contributed by atoms with Gasteiger partial charge in [-0.1, -0.05) is 0 Å². The third kappa shape index (κ3) is 3.67. The van der Waals surface area contributed by atoms with Crippen molar-refractivity contribution in [2.45, 2.75) is 12.5 Å². The zero-order chi connectivity index (χ0) is 14.5. The summed E-state index contributed by atoms with van der Waals surface area (Å²) in [6, 6.07) is 5.04. The van der Waals surface area contributed by atoms with Gasteiger partial charge in [0.15, 0.2) is 0 Å². The monoisotopic (exact) mass is 280 g/mol. The van der Waals surface area contributed by atoms with E-state index in [1.807, 2.05) is 0 Å². The number of hydrogen-bond acceptors (Lipinski definition) is 3. The molecule has 20 heavy (non-hydrogen) atoms. The molecular formula is C13H17FN4O2. The highest BCUT2D eigenvalue weighted by atomic mass is 19.1. The van der Waals surface area contributed by atoms with E-state index in [1.165, 1.54) is 24.3 Å². The third-order valence-corrected chi connectivity index (χ3v) is 3.15. The molecule has 1 saturated heterocycles. The summed E-state index contributed by atoms with van der Waals surface area (Å²) >= 11 is 0. The molecule has 1 heterocycles. The van der Waals surface area contributed by atoms with Gasteiger partial charge in [-0.25, -0.2) is 9.18 Å². The predicted octanol–water partition coefficient (Wildman–Crippen LogP) is 0.507. The van der Waals surface area contributed by atoms with E-state index < -0.39 is 0 Å². The number of urea groups is 1. The molecule has 1 aliphatic rings. The van der Waals surface area contributed by atoms with E-state index in [4.69, 9.17) is 5.73 Å². The maximum absolute atomic E-state index is 12.7. The average Bonchev–Trinajstić information content (AvgIpc) is 2.89. The number of benzene rings is 1. The summed E-state index contributed by atoms with van der Waals surface area (Å²) < 4.78 is 12.7. The molecule has 0 aliphatic carbocycles. The van der Waals surface area contributed by atoms with Crippen LogP contribution in [0.4, 0.5) is 14.9 Å². The smallest absolute Gasteiger partial charge is 0.319 e. The number of carbonyl (C=O) groups excluding carboxylic acids is 2. The number of rotatable bonds is 3. The van der Waals surface area contributed by atoms with Crippen LogP contribution in [0, 0.1) is 5.82 Å². The van der Waals surface area contributed by atoms with Crippen LogP contribution in [-0.2, 0) is 4.79 Å². The number of hydrogen-bond donors (Lipinski definition) is 3. The quantitative estimate of drug-likeness (QED) is 0.753. The third-order valence-electron chi connectivity index (χ3n) is 3.15. The van der Waals surface area contributed by atoms with E-state index in [0.29, 0.717) is 25.2 Å². The number of likely N-dealkylation sites (tertiary alicyclic amines) is 1. The van der Waals surface area contributed by atoms with Gasteiger partial charge in [0.05, 0.1) is 6.54 Å². The van der Waals surface area contributed by atoms with Gasteiger partial charge in [-0.2, -0.15) is 0 Å². The van der Waals surface area contributed by atoms with Crippen molar-refractivity contribution in [3.8, 4) is 0 Å². The molecule has 1 atom stereocenters. The fraction of sp³-hybridized carbons (Fsp3) is 0.385. The van der Waals surface area contributed by atoms with E-state index >= 15 is 0 Å². The number of amides is 3. The Balaban J connectivity index is 1.81. The largest absolute Gasteiger partial charge is 0.339 e. The Labute approximate surface area is 116 Å². The molecule has 1 aromatic carbocycles. The number of nitrogens with two attached hydrogens (primary N) is 1. The zero-order valence-electron chi connectivity index (χ0n) is 10.9. The SMILES string of the molecule is NCC(=O)N1CCC(NC(=O)Nc2ccc(F)cc2)C1. The van der Waals surface area contributed by atoms with Gasteiger partial charge in [0.25, 0.3) is 0 Å². The minimum Gasteiger partial charge on any atom is -0.339 e. The predicted molar refractivity (Wildman–Crippen MR) is 72.6 cm³/mol. The molecule has 3 amide bonds. The number of anilines is 1. The topological polar surface area (TPSA) is 87.5 Å². The van der Waals surface area contributed by atoms with Crippen LogP contribution >= 0.6 is 0 Å². The second-order valence-corrected chi connectivity index (χ2v) is 4.63. The highest BCUT2D eigenvalue weighted by Crippen LogP contribution is 2.11. The molecule has 7 heteroatoms. The summed E-state index contributed by atoms with van der Waals surface area (Å²) in [5.74, 6) is -0.476. The van der Waals surface area contributed by atoms with Crippen LogP contribution in [0.2, 0.25) is 0 Å². The van der Waals surface area contributed by atoms with Gasteiger partial charge >= 0.3 is 6.03 Å². The summed E-state index contributed by atoms with van der Waals surface area (Å²) in [6.45, 7) is 1.04. The summed E-state index contributed by atoms with van der Waals surface area (Å²) in [6.07, 6.45) is 0.697. The lowest BCUT2D eigenvalue weighted by atomic mass is 10.3. The van der Waals surface area contributed by atoms with Crippen molar-refractivity contribution >= 4 is 17.6 Å². The minimum absolute atomic E-state index is 0.0193. The van der Waals surface area contributed by atoms with Crippen LogP contribution in [0.1, 0.15) is 6.42 Å². The molecule has 4 N–H and O–H groups in total. The lowest BCUT2D eigenvalue weighted by Gasteiger charge is -2.16. The van der Waals surface area contributed by atoms with Gasteiger partial charge in [0.1, 0.15) is 5.82 Å². The first-order valence-corrected chi connectivity index (χ1v) is 6.39. The Morgan fingerprint density at radius 1 is 1.35 bits per heavy atom. The summed E-state index contributed by atoms with van der Waals surface area (Å²) in [4.78, 5) is 24.8. The van der Waals surface area contributed by atoms with Crippen LogP contribution < -0.4 is 16.4 Å². The van der Waals surface area contributed by atoms with Gasteiger partial charge in [0, 0.05) is 24.8 Å². The van der Waals surface area contributed by atoms with Gasteiger partial charge in [0.2, 0.25) is 5.91 Å². The number of nitrogens with zero attached hydrogens (tertiary/aromatic N) is 1. The first kappa shape index (κ1) is 14.3. The molecule has 0 aromatic heterocycles. The molecule has 108 valence electrons. The average molecular weight is 280 g/mol. The van der Waals surface area contributed by atoms with Gasteiger partial charge in [-0.15, -0.1) is 0 Å². The minimum atomic E-state index is -0.372. The fourth-order valence-electron chi connectivity index (χ4n) is 2.12. The maximum atomic E-state index is 12.7. The Morgan fingerprint density at radius 3 is 2.70 bits per heavy atom. The molecule has 0 radical (unpaired) electrons. The molecule has 1 fully saturated rings. The van der Waals surface area contributed by atoms with Gasteiger partial charge in [-0.3, -0.25) is 4.79 Å². The summed E-state index contributed by atoms with van der Waals surface area (Å²) in [5, 5.41) is 5.38. The van der Waals surface area contributed by atoms with E-state index in [2.05, 4.69) is 10.6 Å². The van der Waals surface area contributed by atoms with Crippen molar-refractivity contribution in [1.29, 1.82) is 0 Å². The highest BCUT2D eigenvalue weighted by Gasteiger charge is 2.26. The Morgan fingerprint density at radius 2 is 2.05 bits per heavy atom. The molecule has 0 spiro atoms. The van der Waals surface area contributed by atoms with Crippen LogP contribution in [-0.4, -0.2) is 42.5 Å². The van der Waals surface area contributed by atoms with E-state index in [-0.39, 0.29) is 30.3 Å². The first-order chi connectivity index (χ1) is 9.58. The second-order valence-electron chi connectivity index (χ2n) is 4.63. The van der Waals surface area contributed by atoms with Crippen molar-refractivity contribution < 1.29 is 14.0 Å². The van der Waals surface area contributed by atoms with Crippen molar-refractivity contribution in [1.82, 2.24) is 10.2 Å². The van der Waals surface area contributed by atoms with E-state index in [1.54, 1.807) is 4.90 Å². The maximum Gasteiger partial charge on any atom is 0.319 e. The first-order valence-electron chi connectivity index (χ1n) is 6.39. The summed E-state index contributed by atoms with van der Waals surface area (Å²) in [5.41, 5.74) is 5.80. The number of halogens is 1. The number of nitrogens with one attached hydrogen (secondary N) is 2. The van der Waals surface area contributed by atoms with E-state index in [0.717, 1.165) is 0 Å². The Hall–Kier alpha value is -2.15. The van der Waals surface area contributed by atoms with Crippen molar-refractivity contribution in [3.63, 3.8) is 0 Å². The fourth-order valence-corrected chi connectivity index (χ4v) is 2.12. The Bertz CT molecular complexity index is 492. The van der Waals surface area contributed by atoms with Crippen LogP contribution in [0.3, 0.4) is 0 Å². The lowest BCUT2D eigenvalue weighted by Crippen LogP contribution is -2.41. The molecule has 1 aromatic rings. The van der Waals surface area contributed by atoms with Crippen LogP contribution in [0.5, 0.6) is 0 Å². The van der Waals surface area contributed by atoms with Crippen molar-refractivity contribution in [2.24, 2.45) is 5.73 Å². The van der Waals surface area contributed by atoms with Gasteiger partial charge < -0.3 is 21.3 Å². The highest BCUT2D eigenvalue weighted by molar-refractivity contribution is 5.89. The lowest BCUT2D eigenvalue weighted by molar-refractivity contribution is -0.128. The molecular weight excluding hydrogens is 263 g/mol.